The molecule has 1 aliphatic rings. The molecule has 0 amide bonds. The Kier molecular flexibility index (Phi) is 4.60. The van der Waals surface area contributed by atoms with Gasteiger partial charge in [0.05, 0.1) is 11.3 Å². The van der Waals surface area contributed by atoms with Crippen LogP contribution in [0.5, 0.6) is 0 Å². The van der Waals surface area contributed by atoms with Gasteiger partial charge in [-0.25, -0.2) is 9.78 Å². The highest BCUT2D eigenvalue weighted by atomic mass is 16.4. The summed E-state index contributed by atoms with van der Waals surface area (Å²) >= 11 is 0. The first-order chi connectivity index (χ1) is 9.47. The SMILES string of the molecule is Cc1nc(N2CCN(CC(C)C)CC2)ccc1C(=O)O. The number of hydrogen-bond acceptors (Lipinski definition) is 4. The molecule has 20 heavy (non-hydrogen) atoms. The van der Waals surface area contributed by atoms with E-state index >= 15 is 0 Å². The van der Waals surface area contributed by atoms with E-state index in [1.165, 1.54) is 0 Å². The minimum absolute atomic E-state index is 0.284. The summed E-state index contributed by atoms with van der Waals surface area (Å²) in [6, 6.07) is 3.47. The molecular weight excluding hydrogens is 254 g/mol. The van der Waals surface area contributed by atoms with Gasteiger partial charge in [0.2, 0.25) is 0 Å². The van der Waals surface area contributed by atoms with Gasteiger partial charge in [0.25, 0.3) is 0 Å². The summed E-state index contributed by atoms with van der Waals surface area (Å²) in [5, 5.41) is 9.03. The molecule has 1 N–H and O–H groups in total. The summed E-state index contributed by atoms with van der Waals surface area (Å²) in [5.74, 6) is 0.664. The van der Waals surface area contributed by atoms with Crippen molar-refractivity contribution < 1.29 is 9.90 Å². The molecule has 1 saturated heterocycles. The molecule has 2 rings (SSSR count). The Balaban J connectivity index is 2.00. The lowest BCUT2D eigenvalue weighted by Gasteiger charge is -2.36. The van der Waals surface area contributed by atoms with E-state index in [1.807, 2.05) is 6.07 Å². The normalized spacial score (nSPS) is 16.7. The number of rotatable bonds is 4. The highest BCUT2D eigenvalue weighted by Crippen LogP contribution is 2.17. The van der Waals surface area contributed by atoms with Crippen LogP contribution < -0.4 is 4.90 Å². The molecular formula is C15H23N3O2. The number of carbonyl (C=O) groups is 1. The molecule has 0 unspecified atom stereocenters. The zero-order chi connectivity index (χ0) is 14.7. The highest BCUT2D eigenvalue weighted by molar-refractivity contribution is 5.89. The van der Waals surface area contributed by atoms with Crippen molar-refractivity contribution in [3.8, 4) is 0 Å². The van der Waals surface area contributed by atoms with E-state index in [0.29, 0.717) is 11.6 Å². The average Bonchev–Trinajstić information content (AvgIpc) is 2.38. The van der Waals surface area contributed by atoms with Gasteiger partial charge in [-0.2, -0.15) is 0 Å². The van der Waals surface area contributed by atoms with Crippen molar-refractivity contribution in [1.82, 2.24) is 9.88 Å². The maximum atomic E-state index is 11.0. The number of aryl methyl sites for hydroxylation is 1. The molecule has 1 aromatic heterocycles. The Morgan fingerprint density at radius 2 is 1.95 bits per heavy atom. The Morgan fingerprint density at radius 3 is 2.45 bits per heavy atom. The first-order valence-corrected chi connectivity index (χ1v) is 7.15. The maximum absolute atomic E-state index is 11.0. The molecule has 0 spiro atoms. The third-order valence-electron chi connectivity index (χ3n) is 3.62. The van der Waals surface area contributed by atoms with Crippen molar-refractivity contribution in [3.63, 3.8) is 0 Å². The van der Waals surface area contributed by atoms with Crippen molar-refractivity contribution in [3.05, 3.63) is 23.4 Å². The lowest BCUT2D eigenvalue weighted by atomic mass is 10.2. The fourth-order valence-corrected chi connectivity index (χ4v) is 2.63. The second-order valence-corrected chi connectivity index (χ2v) is 5.79. The monoisotopic (exact) mass is 277 g/mol. The number of aromatic nitrogens is 1. The minimum atomic E-state index is -0.914. The van der Waals surface area contributed by atoms with Crippen LogP contribution in [0.1, 0.15) is 29.9 Å². The Bertz CT molecular complexity index is 480. The zero-order valence-electron chi connectivity index (χ0n) is 12.5. The van der Waals surface area contributed by atoms with Crippen molar-refractivity contribution in [1.29, 1.82) is 0 Å². The van der Waals surface area contributed by atoms with E-state index < -0.39 is 5.97 Å². The molecule has 0 atom stereocenters. The number of pyridine rings is 1. The average molecular weight is 277 g/mol. The summed E-state index contributed by atoms with van der Waals surface area (Å²) in [5.41, 5.74) is 0.867. The van der Waals surface area contributed by atoms with Gasteiger partial charge in [-0.3, -0.25) is 4.90 Å². The van der Waals surface area contributed by atoms with E-state index in [2.05, 4.69) is 28.6 Å². The predicted octanol–water partition coefficient (Wildman–Crippen LogP) is 1.87. The molecule has 0 aliphatic carbocycles. The molecule has 0 saturated carbocycles. The predicted molar refractivity (Wildman–Crippen MR) is 79.4 cm³/mol. The van der Waals surface area contributed by atoms with E-state index in [0.717, 1.165) is 38.5 Å². The van der Waals surface area contributed by atoms with Gasteiger partial charge in [0, 0.05) is 32.7 Å². The van der Waals surface area contributed by atoms with Crippen LogP contribution in [0.3, 0.4) is 0 Å². The number of carboxylic acid groups (broad SMARTS) is 1. The van der Waals surface area contributed by atoms with E-state index in [4.69, 9.17) is 5.11 Å². The highest BCUT2D eigenvalue weighted by Gasteiger charge is 2.19. The number of carboxylic acids is 1. The first-order valence-electron chi connectivity index (χ1n) is 7.15. The number of piperazine rings is 1. The Morgan fingerprint density at radius 1 is 1.30 bits per heavy atom. The van der Waals surface area contributed by atoms with E-state index in [1.54, 1.807) is 13.0 Å². The third kappa shape index (κ3) is 3.48. The molecule has 0 aromatic carbocycles. The molecule has 1 aliphatic heterocycles. The van der Waals surface area contributed by atoms with Crippen LogP contribution >= 0.6 is 0 Å². The van der Waals surface area contributed by atoms with Crippen LogP contribution in [0.4, 0.5) is 5.82 Å². The standard InChI is InChI=1S/C15H23N3O2/c1-11(2)10-17-6-8-18(9-7-17)14-5-4-13(15(19)20)12(3)16-14/h4-5,11H,6-10H2,1-3H3,(H,19,20). The fourth-order valence-electron chi connectivity index (χ4n) is 2.63. The molecule has 1 fully saturated rings. The number of hydrogen-bond donors (Lipinski definition) is 1. The Hall–Kier alpha value is -1.62. The number of aromatic carboxylic acids is 1. The van der Waals surface area contributed by atoms with Gasteiger partial charge in [-0.05, 0) is 25.0 Å². The van der Waals surface area contributed by atoms with Crippen LogP contribution in [-0.2, 0) is 0 Å². The number of nitrogens with zero attached hydrogens (tertiary/aromatic N) is 3. The molecule has 0 bridgehead atoms. The van der Waals surface area contributed by atoms with Crippen LogP contribution in [0, 0.1) is 12.8 Å². The smallest absolute Gasteiger partial charge is 0.337 e. The molecule has 110 valence electrons. The van der Waals surface area contributed by atoms with Crippen LogP contribution in [0.15, 0.2) is 12.1 Å². The van der Waals surface area contributed by atoms with E-state index in [9.17, 15) is 4.79 Å². The maximum Gasteiger partial charge on any atom is 0.337 e. The lowest BCUT2D eigenvalue weighted by molar-refractivity contribution is 0.0695. The summed E-state index contributed by atoms with van der Waals surface area (Å²) < 4.78 is 0. The lowest BCUT2D eigenvalue weighted by Crippen LogP contribution is -2.47. The fraction of sp³-hybridized carbons (Fsp3) is 0.600. The van der Waals surface area contributed by atoms with Crippen molar-refractivity contribution in [2.45, 2.75) is 20.8 Å². The van der Waals surface area contributed by atoms with Crippen LogP contribution in [0.2, 0.25) is 0 Å². The molecule has 0 radical (unpaired) electrons. The summed E-state index contributed by atoms with van der Waals surface area (Å²) in [4.78, 5) is 20.1. The summed E-state index contributed by atoms with van der Waals surface area (Å²) in [7, 11) is 0. The van der Waals surface area contributed by atoms with Gasteiger partial charge in [0.15, 0.2) is 0 Å². The molecule has 5 heteroatoms. The topological polar surface area (TPSA) is 56.7 Å². The summed E-state index contributed by atoms with van der Waals surface area (Å²) in [6.45, 7) is 11.3. The van der Waals surface area contributed by atoms with E-state index in [-0.39, 0.29) is 5.56 Å². The van der Waals surface area contributed by atoms with Gasteiger partial charge in [-0.1, -0.05) is 13.8 Å². The summed E-state index contributed by atoms with van der Waals surface area (Å²) in [6.07, 6.45) is 0. The quantitative estimate of drug-likeness (QED) is 0.910. The molecule has 5 nitrogen and oxygen atoms in total. The largest absolute Gasteiger partial charge is 0.478 e. The van der Waals surface area contributed by atoms with Gasteiger partial charge in [-0.15, -0.1) is 0 Å². The second-order valence-electron chi connectivity index (χ2n) is 5.79. The Labute approximate surface area is 120 Å². The minimum Gasteiger partial charge on any atom is -0.478 e. The zero-order valence-corrected chi connectivity index (χ0v) is 12.5. The van der Waals surface area contributed by atoms with Crippen molar-refractivity contribution in [2.24, 2.45) is 5.92 Å². The third-order valence-corrected chi connectivity index (χ3v) is 3.62. The van der Waals surface area contributed by atoms with Crippen molar-refractivity contribution >= 4 is 11.8 Å². The van der Waals surface area contributed by atoms with Gasteiger partial charge >= 0.3 is 5.97 Å². The van der Waals surface area contributed by atoms with Crippen LogP contribution in [0.25, 0.3) is 0 Å². The second kappa shape index (κ2) is 6.22. The number of anilines is 1. The van der Waals surface area contributed by atoms with Gasteiger partial charge < -0.3 is 10.0 Å². The van der Waals surface area contributed by atoms with Crippen LogP contribution in [-0.4, -0.2) is 53.7 Å². The van der Waals surface area contributed by atoms with Crippen molar-refractivity contribution in [2.75, 3.05) is 37.6 Å². The first kappa shape index (κ1) is 14.8. The molecule has 1 aromatic rings. The van der Waals surface area contributed by atoms with Gasteiger partial charge in [0.1, 0.15) is 5.82 Å². The molecule has 2 heterocycles.